The molecule has 3 saturated heterocycles. The summed E-state index contributed by atoms with van der Waals surface area (Å²) in [6.45, 7) is 3.98. The number of hydrogen-bond donors (Lipinski definition) is 8. The number of hydrogen-bond acceptors (Lipinski definition) is 20. The van der Waals surface area contributed by atoms with Crippen LogP contribution in [0.25, 0.3) is 22.3 Å². The first-order chi connectivity index (χ1) is 40.4. The quantitative estimate of drug-likeness (QED) is 0.0153. The fraction of sp³-hybridized carbons (Fsp3) is 0.786. The highest BCUT2D eigenvalue weighted by Crippen LogP contribution is 2.55. The zero-order chi connectivity index (χ0) is 58.7. The Kier molecular flexibility index (Phi) is 28.4. The Labute approximate surface area is 490 Å². The Morgan fingerprint density at radius 2 is 1.12 bits per heavy atom. The molecule has 25 nitrogen and oxygen atoms in total. The fourth-order valence-corrected chi connectivity index (χ4v) is 13.7. The van der Waals surface area contributed by atoms with Crippen molar-refractivity contribution in [3.8, 4) is 0 Å². The summed E-state index contributed by atoms with van der Waals surface area (Å²) >= 11 is 0. The van der Waals surface area contributed by atoms with E-state index in [0.29, 0.717) is 12.8 Å². The highest BCUT2D eigenvalue weighted by atomic mass is 31.2. The number of amides is 2. The predicted molar refractivity (Wildman–Crippen MR) is 318 cm³/mol. The number of aliphatic hydroxyl groups excluding tert-OH is 2. The summed E-state index contributed by atoms with van der Waals surface area (Å²) in [6, 6.07) is 0. The summed E-state index contributed by atoms with van der Waals surface area (Å²) in [4.78, 5) is 51.5. The molecule has 83 heavy (non-hydrogen) atoms. The van der Waals surface area contributed by atoms with Crippen LogP contribution < -0.4 is 32.3 Å². The molecule has 0 aromatic carbocycles. The van der Waals surface area contributed by atoms with Crippen molar-refractivity contribution in [2.24, 2.45) is 0 Å². The lowest BCUT2D eigenvalue weighted by Gasteiger charge is -2.33. The molecule has 3 fully saturated rings. The summed E-state index contributed by atoms with van der Waals surface area (Å²) < 4.78 is 57.2. The maximum atomic E-state index is 15.3. The van der Waals surface area contributed by atoms with E-state index in [1.807, 2.05) is 0 Å². The summed E-state index contributed by atoms with van der Waals surface area (Å²) in [7, 11) is -6.79. The second-order valence-electron chi connectivity index (χ2n) is 22.4. The highest BCUT2D eigenvalue weighted by molar-refractivity contribution is 7.51. The Balaban J connectivity index is 0.984. The van der Waals surface area contributed by atoms with Crippen LogP contribution in [0.1, 0.15) is 213 Å². The minimum Gasteiger partial charge on any atom is -0.388 e. The van der Waals surface area contributed by atoms with E-state index in [4.69, 9.17) is 39.0 Å². The van der Waals surface area contributed by atoms with Gasteiger partial charge in [0, 0.05) is 45.4 Å². The number of rotatable bonds is 38. The van der Waals surface area contributed by atoms with Crippen LogP contribution in [-0.2, 0) is 41.7 Å². The lowest BCUT2D eigenvalue weighted by atomic mass is 10.0. The minimum atomic E-state index is -4.56. The summed E-state index contributed by atoms with van der Waals surface area (Å²) in [5.74, 6) is -1.85. The first-order valence-electron chi connectivity index (χ1n) is 31.1. The smallest absolute Gasteiger partial charge is 0.388 e. The van der Waals surface area contributed by atoms with E-state index in [1.165, 1.54) is 156 Å². The molecule has 2 amide bonds. The third kappa shape index (κ3) is 20.8. The van der Waals surface area contributed by atoms with E-state index in [0.717, 1.165) is 44.9 Å². The van der Waals surface area contributed by atoms with Crippen molar-refractivity contribution in [3.63, 3.8) is 0 Å². The molecule has 0 radical (unpaired) electrons. The van der Waals surface area contributed by atoms with Gasteiger partial charge in [0.1, 0.15) is 54.7 Å². The number of ether oxygens (including phenoxy) is 2. The molecule has 7 rings (SSSR count). The van der Waals surface area contributed by atoms with Crippen LogP contribution in [0.4, 0.5) is 11.6 Å². The maximum absolute atomic E-state index is 15.3. The number of imidazole rings is 2. The normalized spacial score (nSPS) is 24.8. The van der Waals surface area contributed by atoms with Gasteiger partial charge in [-0.15, -0.1) is 0 Å². The fourth-order valence-electron chi connectivity index (χ4n) is 10.9. The molecule has 0 aliphatic carbocycles. The van der Waals surface area contributed by atoms with Crippen molar-refractivity contribution >= 4 is 62.1 Å². The largest absolute Gasteiger partial charge is 0.406 e. The van der Waals surface area contributed by atoms with E-state index < -0.39 is 65.5 Å². The van der Waals surface area contributed by atoms with Gasteiger partial charge in [-0.1, -0.05) is 168 Å². The van der Waals surface area contributed by atoms with Gasteiger partial charge < -0.3 is 46.3 Å². The van der Waals surface area contributed by atoms with Gasteiger partial charge in [0.2, 0.25) is 17.6 Å². The number of unbranched alkanes of at least 4 members (excludes halogenated alkanes) is 24. The Morgan fingerprint density at radius 3 is 1.63 bits per heavy atom. The molecule has 9 unspecified atom stereocenters. The number of carbonyl (C=O) groups excluding carboxylic acids is 2. The molecule has 10 N–H and O–H groups in total. The van der Waals surface area contributed by atoms with Gasteiger partial charge >= 0.3 is 7.75 Å². The molecule has 27 heteroatoms. The van der Waals surface area contributed by atoms with Crippen molar-refractivity contribution in [2.45, 2.75) is 243 Å². The van der Waals surface area contributed by atoms with Gasteiger partial charge in [0.15, 0.2) is 35.4 Å². The molecular formula is C56H96N14O11P2. The average Bonchev–Trinajstić information content (AvgIpc) is 2.89. The Hall–Kier alpha value is -4.10. The van der Waals surface area contributed by atoms with Crippen LogP contribution in [0, 0.1) is 0 Å². The van der Waals surface area contributed by atoms with Crippen molar-refractivity contribution in [2.75, 3.05) is 50.9 Å². The van der Waals surface area contributed by atoms with E-state index in [9.17, 15) is 19.8 Å². The maximum Gasteiger partial charge on any atom is 0.406 e. The van der Waals surface area contributed by atoms with Gasteiger partial charge in [0.25, 0.3) is 8.53 Å². The Morgan fingerprint density at radius 1 is 0.651 bits per heavy atom. The summed E-state index contributed by atoms with van der Waals surface area (Å²) in [6.07, 6.45) is 29.6. The predicted octanol–water partition coefficient (Wildman–Crippen LogP) is 9.22. The average molecular weight is 1200 g/mol. The van der Waals surface area contributed by atoms with Crippen LogP contribution in [-0.4, -0.2) is 131 Å². The topological polar surface area (TPSA) is 334 Å². The molecule has 0 bridgehead atoms. The molecule has 466 valence electrons. The van der Waals surface area contributed by atoms with E-state index in [2.05, 4.69) is 64.6 Å². The molecular weight excluding hydrogens is 1110 g/mol. The third-order valence-corrected chi connectivity index (χ3v) is 18.6. The lowest BCUT2D eigenvalue weighted by Crippen LogP contribution is -2.40. The SMILES string of the molecule is CCCCCCCCCCCCCCCC(=O)NCCNP1OCC2OC(n3cnc4c(N)ncnc43)C(O)C2OP(=O)(NCCNC(=O)CCCCCCCCCCCCCCC)OCC2(CC(O)C(n3cnc4c(N)ncnc43)O2)O1. The first kappa shape index (κ1) is 66.4. The first-order valence-corrected chi connectivity index (χ1v) is 33.8. The zero-order valence-electron chi connectivity index (χ0n) is 49.2. The summed E-state index contributed by atoms with van der Waals surface area (Å²) in [5, 5.41) is 35.9. The second-order valence-corrected chi connectivity index (χ2v) is 25.5. The standard InChI is InChI=1S/C56H96N14O11P2/c1-3-5-7-9-11-13-15-17-19-21-23-25-27-29-44(72)59-31-33-67-82-76-36-43-49(48(74)55(78-43)70-41-66-47-51(58)62-39-64-53(47)70)80-83(75,68-34-32-60-45(73)30-28-26-24-22-20-18-16-14-12-10-8-6-4-2)77-37-56(81-82)35-42(71)54(79-56)69-40-65-46-50(57)61-38-63-52(46)69/h38-43,48-49,54-55,67,71,74H,3-37H2,1-2H3,(H,59,72)(H,60,73)(H,68,75)(H2,57,61,63)(H2,58,62,64). The lowest BCUT2D eigenvalue weighted by molar-refractivity contribution is -0.207. The number of aliphatic hydroxyl groups is 2. The highest BCUT2D eigenvalue weighted by Gasteiger charge is 2.55. The van der Waals surface area contributed by atoms with Gasteiger partial charge in [0.05, 0.1) is 19.3 Å². The van der Waals surface area contributed by atoms with Crippen LogP contribution in [0.3, 0.4) is 0 Å². The number of carbonyl (C=O) groups is 2. The molecule has 1 spiro atoms. The van der Waals surface area contributed by atoms with E-state index >= 15 is 4.57 Å². The number of nitrogens with two attached hydrogens (primary N) is 2. The van der Waals surface area contributed by atoms with Gasteiger partial charge in [-0.3, -0.25) is 32.3 Å². The molecule has 3 aliphatic rings. The molecule has 0 saturated carbocycles. The van der Waals surface area contributed by atoms with Gasteiger partial charge in [-0.25, -0.2) is 44.6 Å². The number of nitrogens with one attached hydrogen (secondary N) is 4. The number of anilines is 2. The van der Waals surface area contributed by atoms with E-state index in [1.54, 1.807) is 0 Å². The van der Waals surface area contributed by atoms with Crippen molar-refractivity contribution in [3.05, 3.63) is 25.3 Å². The molecule has 9 atom stereocenters. The van der Waals surface area contributed by atoms with Crippen LogP contribution in [0.5, 0.6) is 0 Å². The van der Waals surface area contributed by atoms with Gasteiger partial charge in [-0.2, -0.15) is 0 Å². The van der Waals surface area contributed by atoms with Crippen LogP contribution >= 0.6 is 16.3 Å². The number of nitrogen functional groups attached to an aromatic ring is 2. The molecule has 3 aliphatic heterocycles. The molecule has 4 aromatic rings. The number of nitrogens with zero attached hydrogens (tertiary/aromatic N) is 8. The zero-order valence-corrected chi connectivity index (χ0v) is 51.0. The number of fused-ring (bicyclic) bond motifs is 3. The van der Waals surface area contributed by atoms with E-state index in [-0.39, 0.29) is 85.0 Å². The van der Waals surface area contributed by atoms with Crippen LogP contribution in [0.2, 0.25) is 0 Å². The monoisotopic (exact) mass is 1200 g/mol. The summed E-state index contributed by atoms with van der Waals surface area (Å²) in [5.41, 5.74) is 13.4. The molecule has 7 heterocycles. The second kappa shape index (κ2) is 35.5. The minimum absolute atomic E-state index is 0.0673. The number of aromatic nitrogens is 8. The van der Waals surface area contributed by atoms with Gasteiger partial charge in [-0.05, 0) is 12.8 Å². The third-order valence-electron chi connectivity index (χ3n) is 15.6. The van der Waals surface area contributed by atoms with Crippen molar-refractivity contribution in [1.29, 1.82) is 0 Å². The van der Waals surface area contributed by atoms with Crippen molar-refractivity contribution in [1.82, 2.24) is 59.8 Å². The van der Waals surface area contributed by atoms with Crippen LogP contribution in [0.15, 0.2) is 25.3 Å². The van der Waals surface area contributed by atoms with Crippen molar-refractivity contribution < 1.29 is 51.9 Å². The Bertz CT molecular complexity index is 2590. The molecule has 4 aromatic heterocycles.